The van der Waals surface area contributed by atoms with Gasteiger partial charge in [-0.3, -0.25) is 14.1 Å². The number of hydrogen-bond donors (Lipinski definition) is 0. The van der Waals surface area contributed by atoms with Gasteiger partial charge in [0.05, 0.1) is 0 Å². The second kappa shape index (κ2) is 7.65. The van der Waals surface area contributed by atoms with E-state index < -0.39 is 17.7 Å². The highest BCUT2D eigenvalue weighted by molar-refractivity contribution is 5.86. The van der Waals surface area contributed by atoms with Crippen LogP contribution in [0.5, 0.6) is 0 Å². The summed E-state index contributed by atoms with van der Waals surface area (Å²) < 4.78 is 7.53. The van der Waals surface area contributed by atoms with Crippen LogP contribution < -0.4 is 0 Å². The quantitative estimate of drug-likeness (QED) is 0.776. The van der Waals surface area contributed by atoms with Crippen LogP contribution in [0, 0.1) is 0 Å². The minimum Gasteiger partial charge on any atom is -0.444 e. The SMILES string of the molecule is CC(C)(C)OC(=O)N1CCC[C@@H]1C(=O)N1CCC(c2nnc3ccccn23)CC1. The fourth-order valence-electron chi connectivity index (χ4n) is 4.27. The molecule has 0 aliphatic carbocycles. The summed E-state index contributed by atoms with van der Waals surface area (Å²) >= 11 is 0. The molecule has 2 fully saturated rings. The molecule has 2 amide bonds. The van der Waals surface area contributed by atoms with Crippen molar-refractivity contribution in [3.05, 3.63) is 30.2 Å². The Morgan fingerprint density at radius 2 is 1.83 bits per heavy atom. The molecule has 2 aromatic heterocycles. The molecule has 2 aliphatic rings. The largest absolute Gasteiger partial charge is 0.444 e. The number of nitrogens with zero attached hydrogens (tertiary/aromatic N) is 5. The molecule has 0 saturated carbocycles. The number of ether oxygens (including phenoxy) is 1. The number of piperidine rings is 1. The lowest BCUT2D eigenvalue weighted by atomic mass is 9.95. The highest BCUT2D eigenvalue weighted by Gasteiger charge is 2.39. The van der Waals surface area contributed by atoms with Crippen molar-refractivity contribution < 1.29 is 14.3 Å². The van der Waals surface area contributed by atoms with E-state index in [1.54, 1.807) is 4.90 Å². The zero-order valence-corrected chi connectivity index (χ0v) is 17.4. The number of likely N-dealkylation sites (tertiary alicyclic amines) is 2. The first-order valence-corrected chi connectivity index (χ1v) is 10.4. The van der Waals surface area contributed by atoms with Crippen LogP contribution in [-0.4, -0.2) is 67.7 Å². The van der Waals surface area contributed by atoms with E-state index >= 15 is 0 Å². The molecule has 0 N–H and O–H groups in total. The zero-order valence-electron chi connectivity index (χ0n) is 17.4. The van der Waals surface area contributed by atoms with Crippen LogP contribution >= 0.6 is 0 Å². The average Bonchev–Trinajstić information content (AvgIpc) is 3.33. The third kappa shape index (κ3) is 4.06. The third-order valence-corrected chi connectivity index (χ3v) is 5.68. The van der Waals surface area contributed by atoms with Crippen LogP contribution in [-0.2, 0) is 9.53 Å². The van der Waals surface area contributed by atoms with Crippen LogP contribution in [0.2, 0.25) is 0 Å². The second-order valence-corrected chi connectivity index (χ2v) is 8.92. The van der Waals surface area contributed by atoms with Crippen LogP contribution in [0.3, 0.4) is 0 Å². The number of aromatic nitrogens is 3. The van der Waals surface area contributed by atoms with E-state index in [2.05, 4.69) is 10.2 Å². The van der Waals surface area contributed by atoms with Gasteiger partial charge in [0.2, 0.25) is 5.91 Å². The van der Waals surface area contributed by atoms with Crippen LogP contribution in [0.25, 0.3) is 5.65 Å². The van der Waals surface area contributed by atoms with Crippen molar-refractivity contribution in [2.75, 3.05) is 19.6 Å². The Morgan fingerprint density at radius 1 is 1.07 bits per heavy atom. The maximum absolute atomic E-state index is 13.1. The minimum absolute atomic E-state index is 0.0397. The number of rotatable bonds is 2. The first-order chi connectivity index (χ1) is 13.8. The van der Waals surface area contributed by atoms with Gasteiger partial charge in [0.15, 0.2) is 5.65 Å². The molecular formula is C21H29N5O3. The molecule has 4 heterocycles. The topological polar surface area (TPSA) is 80.0 Å². The highest BCUT2D eigenvalue weighted by atomic mass is 16.6. The third-order valence-electron chi connectivity index (χ3n) is 5.68. The fourth-order valence-corrected chi connectivity index (χ4v) is 4.27. The van der Waals surface area contributed by atoms with Crippen molar-refractivity contribution in [2.45, 2.75) is 64.0 Å². The average molecular weight is 399 g/mol. The fraction of sp³-hybridized carbons (Fsp3) is 0.619. The second-order valence-electron chi connectivity index (χ2n) is 8.92. The minimum atomic E-state index is -0.563. The number of amides is 2. The number of pyridine rings is 1. The van der Waals surface area contributed by atoms with Gasteiger partial charge < -0.3 is 9.64 Å². The summed E-state index contributed by atoms with van der Waals surface area (Å²) in [5.41, 5.74) is 0.284. The smallest absolute Gasteiger partial charge is 0.410 e. The van der Waals surface area contributed by atoms with Gasteiger partial charge in [0.25, 0.3) is 0 Å². The van der Waals surface area contributed by atoms with Gasteiger partial charge in [0, 0.05) is 31.7 Å². The molecule has 2 aromatic rings. The Kier molecular flexibility index (Phi) is 5.19. The standard InChI is InChI=1S/C21H29N5O3/c1-21(2,3)29-20(28)25-12-6-7-16(25)19(27)24-13-9-15(10-14-24)18-23-22-17-8-4-5-11-26(17)18/h4-5,8,11,15-16H,6-7,9-10,12-14H2,1-3H3/t16-/m1/s1. The van der Waals surface area contributed by atoms with E-state index in [4.69, 9.17) is 4.74 Å². The van der Waals surface area contributed by atoms with Crippen molar-refractivity contribution in [3.63, 3.8) is 0 Å². The summed E-state index contributed by atoms with van der Waals surface area (Å²) in [6.45, 7) is 7.45. The summed E-state index contributed by atoms with van der Waals surface area (Å²) in [6.07, 6.45) is 4.82. The van der Waals surface area contributed by atoms with Gasteiger partial charge in [-0.25, -0.2) is 4.79 Å². The highest BCUT2D eigenvalue weighted by Crippen LogP contribution is 2.29. The van der Waals surface area contributed by atoms with Crippen LogP contribution in [0.4, 0.5) is 4.79 Å². The molecule has 2 saturated heterocycles. The summed E-state index contributed by atoms with van der Waals surface area (Å²) in [5, 5.41) is 8.62. The molecule has 4 rings (SSSR count). The number of hydrogen-bond acceptors (Lipinski definition) is 5. The van der Waals surface area contributed by atoms with Gasteiger partial charge in [-0.15, -0.1) is 10.2 Å². The summed E-state index contributed by atoms with van der Waals surface area (Å²) in [6, 6.07) is 5.47. The Balaban J connectivity index is 1.39. The molecule has 8 nitrogen and oxygen atoms in total. The lowest BCUT2D eigenvalue weighted by Crippen LogP contribution is -2.50. The molecule has 29 heavy (non-hydrogen) atoms. The van der Waals surface area contributed by atoms with Gasteiger partial charge in [-0.1, -0.05) is 6.07 Å². The maximum Gasteiger partial charge on any atom is 0.410 e. The van der Waals surface area contributed by atoms with E-state index in [-0.39, 0.29) is 11.8 Å². The molecular weight excluding hydrogens is 370 g/mol. The monoisotopic (exact) mass is 399 g/mol. The molecule has 1 atom stereocenters. The predicted molar refractivity (Wildman–Crippen MR) is 108 cm³/mol. The van der Waals surface area contributed by atoms with Crippen molar-refractivity contribution in [3.8, 4) is 0 Å². The van der Waals surface area contributed by atoms with Crippen molar-refractivity contribution in [1.29, 1.82) is 0 Å². The Hall–Kier alpha value is -2.64. The van der Waals surface area contributed by atoms with Crippen molar-refractivity contribution in [2.24, 2.45) is 0 Å². The summed E-state index contributed by atoms with van der Waals surface area (Å²) in [7, 11) is 0. The Morgan fingerprint density at radius 3 is 2.55 bits per heavy atom. The molecule has 2 aliphatic heterocycles. The number of carbonyl (C=O) groups is 2. The lowest BCUT2D eigenvalue weighted by molar-refractivity contribution is -0.137. The molecule has 156 valence electrons. The lowest BCUT2D eigenvalue weighted by Gasteiger charge is -2.35. The molecule has 0 unspecified atom stereocenters. The Labute approximate surface area is 170 Å². The van der Waals surface area contributed by atoms with Crippen LogP contribution in [0.15, 0.2) is 24.4 Å². The van der Waals surface area contributed by atoms with E-state index in [9.17, 15) is 9.59 Å². The van der Waals surface area contributed by atoms with Gasteiger partial charge in [-0.2, -0.15) is 0 Å². The molecule has 0 spiro atoms. The van der Waals surface area contributed by atoms with E-state index in [1.807, 2.05) is 54.5 Å². The molecule has 0 aromatic carbocycles. The van der Waals surface area contributed by atoms with E-state index in [1.165, 1.54) is 0 Å². The predicted octanol–water partition coefficient (Wildman–Crippen LogP) is 2.83. The van der Waals surface area contributed by atoms with E-state index in [0.717, 1.165) is 30.7 Å². The summed E-state index contributed by atoms with van der Waals surface area (Å²) in [4.78, 5) is 29.1. The normalized spacial score (nSPS) is 21.0. The van der Waals surface area contributed by atoms with Gasteiger partial charge in [0.1, 0.15) is 17.5 Å². The first-order valence-electron chi connectivity index (χ1n) is 10.4. The molecule has 0 bridgehead atoms. The summed E-state index contributed by atoms with van der Waals surface area (Å²) in [5.74, 6) is 1.28. The van der Waals surface area contributed by atoms with Crippen molar-refractivity contribution in [1.82, 2.24) is 24.4 Å². The van der Waals surface area contributed by atoms with Gasteiger partial charge >= 0.3 is 6.09 Å². The van der Waals surface area contributed by atoms with Gasteiger partial charge in [-0.05, 0) is 58.6 Å². The zero-order chi connectivity index (χ0) is 20.6. The first kappa shape index (κ1) is 19.7. The number of fused-ring (bicyclic) bond motifs is 1. The molecule has 8 heteroatoms. The molecule has 0 radical (unpaired) electrons. The van der Waals surface area contributed by atoms with E-state index in [0.29, 0.717) is 26.1 Å². The van der Waals surface area contributed by atoms with Crippen LogP contribution in [0.1, 0.15) is 58.2 Å². The Bertz CT molecular complexity index is 895. The van der Waals surface area contributed by atoms with Crippen molar-refractivity contribution >= 4 is 17.6 Å². The number of carbonyl (C=O) groups excluding carboxylic acids is 2. The maximum atomic E-state index is 13.1.